The number of H-pyrrole nitrogens is 1. The van der Waals surface area contributed by atoms with Crippen LogP contribution in [0.4, 0.5) is 0 Å². The summed E-state index contributed by atoms with van der Waals surface area (Å²) >= 11 is 1.85. The number of aromatic amines is 1. The standard InChI is InChI=1S/C14H13NS/c1-9-7-12(10(2)16-9)14-8-11-5-3-4-6-13(11)15-14/h3-8,15H,1-2H3. The number of hydrogen-bond acceptors (Lipinski definition) is 1. The summed E-state index contributed by atoms with van der Waals surface area (Å²) in [4.78, 5) is 6.22. The second-order valence-corrected chi connectivity index (χ2v) is 5.56. The molecule has 2 heterocycles. The van der Waals surface area contributed by atoms with E-state index in [1.54, 1.807) is 0 Å². The molecule has 0 aliphatic carbocycles. The van der Waals surface area contributed by atoms with Crippen molar-refractivity contribution >= 4 is 22.2 Å². The summed E-state index contributed by atoms with van der Waals surface area (Å²) in [6, 6.07) is 12.9. The lowest BCUT2D eigenvalue weighted by Gasteiger charge is -1.93. The molecule has 0 bridgehead atoms. The molecular formula is C14H13NS. The lowest BCUT2D eigenvalue weighted by molar-refractivity contribution is 1.44. The maximum atomic E-state index is 3.47. The number of fused-ring (bicyclic) bond motifs is 1. The molecule has 1 nitrogen and oxygen atoms in total. The summed E-state index contributed by atoms with van der Waals surface area (Å²) in [7, 11) is 0. The minimum Gasteiger partial charge on any atom is -0.354 e. The summed E-state index contributed by atoms with van der Waals surface area (Å²) in [5.74, 6) is 0. The average Bonchev–Trinajstić information content (AvgIpc) is 2.81. The molecule has 0 amide bonds. The zero-order chi connectivity index (χ0) is 11.1. The van der Waals surface area contributed by atoms with Crippen molar-refractivity contribution in [2.75, 3.05) is 0 Å². The number of aromatic nitrogens is 1. The van der Waals surface area contributed by atoms with Gasteiger partial charge in [0.1, 0.15) is 0 Å². The molecule has 80 valence electrons. The van der Waals surface area contributed by atoms with E-state index in [-0.39, 0.29) is 0 Å². The van der Waals surface area contributed by atoms with E-state index in [1.165, 1.54) is 31.9 Å². The van der Waals surface area contributed by atoms with Crippen LogP contribution < -0.4 is 0 Å². The lowest BCUT2D eigenvalue weighted by atomic mass is 10.2. The Labute approximate surface area is 98.7 Å². The second kappa shape index (κ2) is 3.49. The Morgan fingerprint density at radius 1 is 1.06 bits per heavy atom. The summed E-state index contributed by atoms with van der Waals surface area (Å²) in [5.41, 5.74) is 3.77. The SMILES string of the molecule is Cc1cc(-c2cc3ccccc3[nH]2)c(C)s1. The average molecular weight is 227 g/mol. The van der Waals surface area contributed by atoms with Crippen molar-refractivity contribution in [2.45, 2.75) is 13.8 Å². The molecule has 0 unspecified atom stereocenters. The van der Waals surface area contributed by atoms with Crippen molar-refractivity contribution in [3.63, 3.8) is 0 Å². The highest BCUT2D eigenvalue weighted by Gasteiger charge is 2.08. The fourth-order valence-electron chi connectivity index (χ4n) is 2.12. The molecule has 2 aromatic heterocycles. The minimum atomic E-state index is 1.21. The minimum absolute atomic E-state index is 1.21. The molecule has 0 radical (unpaired) electrons. The molecular weight excluding hydrogens is 214 g/mol. The number of thiophene rings is 1. The first-order valence-electron chi connectivity index (χ1n) is 5.39. The third-order valence-electron chi connectivity index (χ3n) is 2.86. The van der Waals surface area contributed by atoms with Gasteiger partial charge in [0, 0.05) is 31.9 Å². The smallest absolute Gasteiger partial charge is 0.0476 e. The summed E-state index contributed by atoms with van der Waals surface area (Å²) in [5, 5.41) is 1.28. The van der Waals surface area contributed by atoms with Gasteiger partial charge in [-0.2, -0.15) is 0 Å². The quantitative estimate of drug-likeness (QED) is 0.629. The van der Waals surface area contributed by atoms with E-state index in [9.17, 15) is 0 Å². The number of rotatable bonds is 1. The number of para-hydroxylation sites is 1. The molecule has 1 N–H and O–H groups in total. The first kappa shape index (κ1) is 9.67. The van der Waals surface area contributed by atoms with Crippen LogP contribution in [0.5, 0.6) is 0 Å². The van der Waals surface area contributed by atoms with Crippen LogP contribution in [-0.4, -0.2) is 4.98 Å². The second-order valence-electron chi connectivity index (χ2n) is 4.10. The molecule has 2 heteroatoms. The maximum absolute atomic E-state index is 3.47. The molecule has 0 aliphatic heterocycles. The highest BCUT2D eigenvalue weighted by Crippen LogP contribution is 2.31. The van der Waals surface area contributed by atoms with Gasteiger partial charge in [0.25, 0.3) is 0 Å². The van der Waals surface area contributed by atoms with Crippen molar-refractivity contribution in [3.05, 3.63) is 46.2 Å². The van der Waals surface area contributed by atoms with Gasteiger partial charge in [-0.15, -0.1) is 11.3 Å². The van der Waals surface area contributed by atoms with E-state index in [0.29, 0.717) is 0 Å². The van der Waals surface area contributed by atoms with E-state index in [2.05, 4.69) is 55.2 Å². The van der Waals surface area contributed by atoms with Gasteiger partial charge >= 0.3 is 0 Å². The Kier molecular flexibility index (Phi) is 2.11. The first-order valence-corrected chi connectivity index (χ1v) is 6.21. The van der Waals surface area contributed by atoms with Gasteiger partial charge in [-0.05, 0) is 32.0 Å². The van der Waals surface area contributed by atoms with Crippen molar-refractivity contribution in [2.24, 2.45) is 0 Å². The van der Waals surface area contributed by atoms with Crippen LogP contribution in [-0.2, 0) is 0 Å². The molecule has 0 spiro atoms. The number of aryl methyl sites for hydroxylation is 2. The zero-order valence-electron chi connectivity index (χ0n) is 9.37. The largest absolute Gasteiger partial charge is 0.354 e. The van der Waals surface area contributed by atoms with E-state index in [1.807, 2.05) is 11.3 Å². The Balaban J connectivity index is 2.22. The maximum Gasteiger partial charge on any atom is 0.0476 e. The van der Waals surface area contributed by atoms with Crippen LogP contribution in [0.15, 0.2) is 36.4 Å². The fraction of sp³-hybridized carbons (Fsp3) is 0.143. The Hall–Kier alpha value is -1.54. The number of nitrogens with one attached hydrogen (secondary N) is 1. The van der Waals surface area contributed by atoms with Crippen LogP contribution in [0.2, 0.25) is 0 Å². The molecule has 0 fully saturated rings. The number of hydrogen-bond donors (Lipinski definition) is 1. The third kappa shape index (κ3) is 1.46. The molecule has 16 heavy (non-hydrogen) atoms. The molecule has 3 rings (SSSR count). The zero-order valence-corrected chi connectivity index (χ0v) is 10.2. The van der Waals surface area contributed by atoms with Gasteiger partial charge in [-0.25, -0.2) is 0 Å². The van der Waals surface area contributed by atoms with Gasteiger partial charge in [0.15, 0.2) is 0 Å². The Bertz CT molecular complexity index is 613. The van der Waals surface area contributed by atoms with E-state index in [4.69, 9.17) is 0 Å². The Morgan fingerprint density at radius 3 is 2.56 bits per heavy atom. The topological polar surface area (TPSA) is 15.8 Å². The van der Waals surface area contributed by atoms with E-state index < -0.39 is 0 Å². The number of benzene rings is 1. The van der Waals surface area contributed by atoms with Crippen LogP contribution in [0.1, 0.15) is 9.75 Å². The third-order valence-corrected chi connectivity index (χ3v) is 3.83. The summed E-state index contributed by atoms with van der Waals surface area (Å²) in [6.45, 7) is 4.34. The summed E-state index contributed by atoms with van der Waals surface area (Å²) in [6.07, 6.45) is 0. The van der Waals surface area contributed by atoms with Gasteiger partial charge in [-0.3, -0.25) is 0 Å². The van der Waals surface area contributed by atoms with Crippen LogP contribution in [0.3, 0.4) is 0 Å². The van der Waals surface area contributed by atoms with Crippen LogP contribution in [0.25, 0.3) is 22.2 Å². The van der Waals surface area contributed by atoms with Gasteiger partial charge in [0.2, 0.25) is 0 Å². The lowest BCUT2D eigenvalue weighted by Crippen LogP contribution is -1.74. The normalized spacial score (nSPS) is 11.1. The molecule has 0 atom stereocenters. The van der Waals surface area contributed by atoms with Crippen molar-refractivity contribution < 1.29 is 0 Å². The van der Waals surface area contributed by atoms with Crippen molar-refractivity contribution in [1.29, 1.82) is 0 Å². The fourth-order valence-corrected chi connectivity index (χ4v) is 3.06. The highest BCUT2D eigenvalue weighted by molar-refractivity contribution is 7.12. The molecule has 0 saturated heterocycles. The predicted molar refractivity (Wildman–Crippen MR) is 71.1 cm³/mol. The summed E-state index contributed by atoms with van der Waals surface area (Å²) < 4.78 is 0. The first-order chi connectivity index (χ1) is 7.74. The predicted octanol–water partition coefficient (Wildman–Crippen LogP) is 4.51. The van der Waals surface area contributed by atoms with Crippen LogP contribution >= 0.6 is 11.3 Å². The molecule has 0 saturated carbocycles. The van der Waals surface area contributed by atoms with Crippen LogP contribution in [0, 0.1) is 13.8 Å². The van der Waals surface area contributed by atoms with Crippen molar-refractivity contribution in [1.82, 2.24) is 4.98 Å². The highest BCUT2D eigenvalue weighted by atomic mass is 32.1. The molecule has 1 aromatic carbocycles. The van der Waals surface area contributed by atoms with E-state index in [0.717, 1.165) is 0 Å². The van der Waals surface area contributed by atoms with Crippen molar-refractivity contribution in [3.8, 4) is 11.3 Å². The monoisotopic (exact) mass is 227 g/mol. The molecule has 3 aromatic rings. The Morgan fingerprint density at radius 2 is 1.88 bits per heavy atom. The van der Waals surface area contributed by atoms with Gasteiger partial charge in [0.05, 0.1) is 0 Å². The van der Waals surface area contributed by atoms with Gasteiger partial charge < -0.3 is 4.98 Å². The van der Waals surface area contributed by atoms with E-state index >= 15 is 0 Å². The molecule has 0 aliphatic rings. The van der Waals surface area contributed by atoms with Gasteiger partial charge in [-0.1, -0.05) is 18.2 Å².